The van der Waals surface area contributed by atoms with Crippen LogP contribution in [-0.2, 0) is 11.2 Å². The van der Waals surface area contributed by atoms with Gasteiger partial charge < -0.3 is 15.4 Å². The Morgan fingerprint density at radius 1 is 1.37 bits per heavy atom. The van der Waals surface area contributed by atoms with Gasteiger partial charge in [0.15, 0.2) is 5.96 Å². The van der Waals surface area contributed by atoms with Crippen LogP contribution in [0.5, 0.6) is 0 Å². The summed E-state index contributed by atoms with van der Waals surface area (Å²) in [6.45, 7) is 2.40. The van der Waals surface area contributed by atoms with E-state index in [9.17, 15) is 0 Å². The number of rotatable bonds is 5. The van der Waals surface area contributed by atoms with Crippen molar-refractivity contribution in [3.8, 4) is 0 Å². The highest BCUT2D eigenvalue weighted by atomic mass is 127. The predicted molar refractivity (Wildman–Crippen MR) is 89.5 cm³/mol. The van der Waals surface area contributed by atoms with Gasteiger partial charge in [0.2, 0.25) is 0 Å². The number of aliphatic imine (C=N–C) groups is 1. The molecule has 1 aromatic rings. The van der Waals surface area contributed by atoms with Crippen LogP contribution in [0.3, 0.4) is 0 Å². The highest BCUT2D eigenvalue weighted by Gasteiger charge is 2.24. The zero-order valence-corrected chi connectivity index (χ0v) is 13.8. The number of nitrogens with zero attached hydrogens (tertiary/aromatic N) is 1. The monoisotopic (exact) mass is 375 g/mol. The van der Waals surface area contributed by atoms with Gasteiger partial charge in [0.1, 0.15) is 0 Å². The Balaban J connectivity index is 0.00000180. The first-order valence-corrected chi connectivity index (χ1v) is 6.36. The zero-order valence-electron chi connectivity index (χ0n) is 11.5. The molecule has 0 fully saturated rings. The molecule has 4 nitrogen and oxygen atoms in total. The molecular weight excluding hydrogens is 353 g/mol. The van der Waals surface area contributed by atoms with Crippen molar-refractivity contribution >= 4 is 29.9 Å². The van der Waals surface area contributed by atoms with Crippen molar-refractivity contribution in [3.63, 3.8) is 0 Å². The molecule has 1 unspecified atom stereocenters. The van der Waals surface area contributed by atoms with Crippen LogP contribution in [0.15, 0.2) is 29.3 Å². The first-order chi connectivity index (χ1) is 8.85. The van der Waals surface area contributed by atoms with Gasteiger partial charge >= 0.3 is 0 Å². The summed E-state index contributed by atoms with van der Waals surface area (Å²) >= 11 is 0. The van der Waals surface area contributed by atoms with Crippen LogP contribution in [0.1, 0.15) is 17.0 Å². The van der Waals surface area contributed by atoms with Crippen molar-refractivity contribution in [1.82, 2.24) is 10.6 Å². The summed E-state index contributed by atoms with van der Waals surface area (Å²) in [7, 11) is 3.49. The maximum absolute atomic E-state index is 5.00. The Labute approximate surface area is 132 Å². The van der Waals surface area contributed by atoms with Crippen molar-refractivity contribution in [3.05, 3.63) is 35.4 Å². The molecule has 1 aliphatic carbocycles. The van der Waals surface area contributed by atoms with Gasteiger partial charge in [0.25, 0.3) is 0 Å². The molecule has 0 amide bonds. The molecule has 5 heteroatoms. The van der Waals surface area contributed by atoms with Gasteiger partial charge in [-0.3, -0.25) is 4.99 Å². The SMILES string of the molecule is CN=C(NCCOC)NCC1Cc2ccccc21.I. The Morgan fingerprint density at radius 3 is 2.84 bits per heavy atom. The number of fused-ring (bicyclic) bond motifs is 1. The summed E-state index contributed by atoms with van der Waals surface area (Å²) in [5, 5.41) is 6.57. The van der Waals surface area contributed by atoms with Crippen LogP contribution in [0.4, 0.5) is 0 Å². The van der Waals surface area contributed by atoms with E-state index in [4.69, 9.17) is 4.74 Å². The number of guanidine groups is 1. The minimum atomic E-state index is 0. The lowest BCUT2D eigenvalue weighted by molar-refractivity contribution is 0.203. The molecule has 106 valence electrons. The van der Waals surface area contributed by atoms with Crippen molar-refractivity contribution in [1.29, 1.82) is 0 Å². The molecular formula is C14H22IN3O. The molecule has 0 saturated heterocycles. The van der Waals surface area contributed by atoms with Gasteiger partial charge in [-0.15, -0.1) is 24.0 Å². The van der Waals surface area contributed by atoms with Crippen molar-refractivity contribution < 1.29 is 4.74 Å². The second kappa shape index (κ2) is 8.37. The predicted octanol–water partition coefficient (Wildman–Crippen LogP) is 1.76. The third-order valence-corrected chi connectivity index (χ3v) is 3.30. The maximum atomic E-state index is 5.00. The van der Waals surface area contributed by atoms with E-state index < -0.39 is 0 Å². The fraction of sp³-hybridized carbons (Fsp3) is 0.500. The molecule has 0 spiro atoms. The van der Waals surface area contributed by atoms with E-state index in [0.29, 0.717) is 12.5 Å². The molecule has 0 aromatic heterocycles. The lowest BCUT2D eigenvalue weighted by Gasteiger charge is -2.30. The highest BCUT2D eigenvalue weighted by molar-refractivity contribution is 14.0. The molecule has 0 bridgehead atoms. The molecule has 1 aliphatic rings. The topological polar surface area (TPSA) is 45.7 Å². The number of halogens is 1. The standard InChI is InChI=1S/C14H21N3O.HI/c1-15-14(16-7-8-18-2)17-10-12-9-11-5-3-4-6-13(11)12;/h3-6,12H,7-10H2,1-2H3,(H2,15,16,17);1H. The lowest BCUT2D eigenvalue weighted by Crippen LogP contribution is -2.42. The Hall–Kier alpha value is -0.820. The first-order valence-electron chi connectivity index (χ1n) is 6.36. The molecule has 2 rings (SSSR count). The van der Waals surface area contributed by atoms with E-state index in [2.05, 4.69) is 39.9 Å². The van der Waals surface area contributed by atoms with Crippen LogP contribution < -0.4 is 10.6 Å². The lowest BCUT2D eigenvalue weighted by atomic mass is 9.78. The smallest absolute Gasteiger partial charge is 0.191 e. The van der Waals surface area contributed by atoms with E-state index in [-0.39, 0.29) is 24.0 Å². The molecule has 0 saturated carbocycles. The normalized spacial score (nSPS) is 16.9. The summed E-state index contributed by atoms with van der Waals surface area (Å²) in [6.07, 6.45) is 1.16. The van der Waals surface area contributed by atoms with Crippen molar-refractivity contribution in [2.45, 2.75) is 12.3 Å². The van der Waals surface area contributed by atoms with E-state index in [1.807, 2.05) is 0 Å². The van der Waals surface area contributed by atoms with Crippen LogP contribution in [0.25, 0.3) is 0 Å². The van der Waals surface area contributed by atoms with Gasteiger partial charge in [0.05, 0.1) is 6.61 Å². The van der Waals surface area contributed by atoms with Crippen molar-refractivity contribution in [2.24, 2.45) is 4.99 Å². The average molecular weight is 375 g/mol. The minimum absolute atomic E-state index is 0. The van der Waals surface area contributed by atoms with Crippen LogP contribution in [0, 0.1) is 0 Å². The summed E-state index contributed by atoms with van der Waals surface area (Å²) in [5.41, 5.74) is 2.95. The quantitative estimate of drug-likeness (QED) is 0.357. The molecule has 0 heterocycles. The summed E-state index contributed by atoms with van der Waals surface area (Å²) in [5.74, 6) is 1.46. The fourth-order valence-electron chi connectivity index (χ4n) is 2.26. The van der Waals surface area contributed by atoms with Gasteiger partial charge in [0, 0.05) is 33.2 Å². The summed E-state index contributed by atoms with van der Waals surface area (Å²) in [6, 6.07) is 8.63. The highest BCUT2D eigenvalue weighted by Crippen LogP contribution is 2.33. The van der Waals surface area contributed by atoms with Crippen LogP contribution >= 0.6 is 24.0 Å². The number of hydrogen-bond acceptors (Lipinski definition) is 2. The third-order valence-electron chi connectivity index (χ3n) is 3.30. The number of ether oxygens (including phenoxy) is 1. The fourth-order valence-corrected chi connectivity index (χ4v) is 2.26. The summed E-state index contributed by atoms with van der Waals surface area (Å²) < 4.78 is 5.00. The Kier molecular flexibility index (Phi) is 7.15. The maximum Gasteiger partial charge on any atom is 0.191 e. The van der Waals surface area contributed by atoms with E-state index in [0.717, 1.165) is 25.5 Å². The molecule has 1 atom stereocenters. The van der Waals surface area contributed by atoms with Gasteiger partial charge in [-0.2, -0.15) is 0 Å². The molecule has 0 radical (unpaired) electrons. The van der Waals surface area contributed by atoms with E-state index in [1.165, 1.54) is 11.1 Å². The largest absolute Gasteiger partial charge is 0.383 e. The Bertz CT molecular complexity index is 423. The number of hydrogen-bond donors (Lipinski definition) is 2. The molecule has 1 aromatic carbocycles. The van der Waals surface area contributed by atoms with Crippen molar-refractivity contribution in [2.75, 3.05) is 33.9 Å². The van der Waals surface area contributed by atoms with E-state index in [1.54, 1.807) is 14.2 Å². The Morgan fingerprint density at radius 2 is 2.16 bits per heavy atom. The van der Waals surface area contributed by atoms with Crippen LogP contribution in [-0.4, -0.2) is 39.8 Å². The van der Waals surface area contributed by atoms with Gasteiger partial charge in [-0.1, -0.05) is 24.3 Å². The van der Waals surface area contributed by atoms with Gasteiger partial charge in [-0.05, 0) is 17.5 Å². The molecule has 2 N–H and O–H groups in total. The molecule has 0 aliphatic heterocycles. The number of nitrogens with one attached hydrogen (secondary N) is 2. The second-order valence-electron chi connectivity index (χ2n) is 4.47. The van der Waals surface area contributed by atoms with Gasteiger partial charge in [-0.25, -0.2) is 0 Å². The third kappa shape index (κ3) is 4.35. The van der Waals surface area contributed by atoms with Crippen LogP contribution in [0.2, 0.25) is 0 Å². The minimum Gasteiger partial charge on any atom is -0.383 e. The first kappa shape index (κ1) is 16.2. The average Bonchev–Trinajstić information content (AvgIpc) is 2.38. The van der Waals surface area contributed by atoms with E-state index >= 15 is 0 Å². The summed E-state index contributed by atoms with van der Waals surface area (Å²) in [4.78, 5) is 4.19. The zero-order chi connectivity index (χ0) is 12.8. The number of methoxy groups -OCH3 is 1. The number of benzene rings is 1. The second-order valence-corrected chi connectivity index (χ2v) is 4.47. The molecule has 19 heavy (non-hydrogen) atoms.